The van der Waals surface area contributed by atoms with E-state index in [1.165, 1.54) is 14.2 Å². The molecule has 0 spiro atoms. The first kappa shape index (κ1) is 13.7. The number of phosphoric acid groups is 1. The molecule has 0 radical (unpaired) electrons. The molecule has 0 aliphatic carbocycles. The number of terminal acetylenes is 1. The van der Waals surface area contributed by atoms with Gasteiger partial charge in [0.05, 0.1) is 0 Å². The van der Waals surface area contributed by atoms with E-state index in [1.54, 1.807) is 6.92 Å². The summed E-state index contributed by atoms with van der Waals surface area (Å²) in [6, 6.07) is 0. The largest absolute Gasteiger partial charge is 0.475 e. The normalized spacial score (nSPS) is 16.4. The van der Waals surface area contributed by atoms with Gasteiger partial charge in [0.25, 0.3) is 0 Å². The molecule has 0 saturated carbocycles. The Bertz CT molecular complexity index is 260. The fourth-order valence-corrected chi connectivity index (χ4v) is 1.71. The Morgan fingerprint density at radius 2 is 1.79 bits per heavy atom. The van der Waals surface area contributed by atoms with Crippen LogP contribution in [0.4, 0.5) is 0 Å². The van der Waals surface area contributed by atoms with E-state index in [0.29, 0.717) is 0 Å². The van der Waals surface area contributed by atoms with Crippen LogP contribution in [0.1, 0.15) is 20.8 Å². The van der Waals surface area contributed by atoms with Gasteiger partial charge in [-0.1, -0.05) is 19.8 Å². The molecule has 0 saturated heterocycles. The molecule has 0 N–H and O–H groups in total. The molecule has 1 unspecified atom stereocenters. The zero-order valence-electron chi connectivity index (χ0n) is 9.23. The monoisotopic (exact) mass is 220 g/mol. The second-order valence-electron chi connectivity index (χ2n) is 3.31. The molecule has 1 atom stereocenters. The maximum absolute atomic E-state index is 11.7. The molecule has 0 fully saturated rings. The standard InChI is InChI=1S/C9H17O4P/c1-7-9(4,8(2)3)13-14(10,11-5)12-6/h1,8H,2-6H3. The van der Waals surface area contributed by atoms with Crippen molar-refractivity contribution in [3.05, 3.63) is 0 Å². The summed E-state index contributed by atoms with van der Waals surface area (Å²) in [4.78, 5) is 0. The van der Waals surface area contributed by atoms with Crippen molar-refractivity contribution in [2.24, 2.45) is 5.92 Å². The summed E-state index contributed by atoms with van der Waals surface area (Å²) in [5.74, 6) is 2.45. The first-order chi connectivity index (χ1) is 6.33. The Kier molecular flexibility index (Phi) is 4.83. The molecule has 0 aromatic heterocycles. The number of hydrogen-bond donors (Lipinski definition) is 0. The third-order valence-corrected chi connectivity index (χ3v) is 3.63. The molecule has 5 heteroatoms. The molecule has 0 aliphatic heterocycles. The molecular formula is C9H17O4P. The number of hydrogen-bond acceptors (Lipinski definition) is 4. The molecule has 14 heavy (non-hydrogen) atoms. The average molecular weight is 220 g/mol. The van der Waals surface area contributed by atoms with Gasteiger partial charge in [-0.05, 0) is 12.8 Å². The van der Waals surface area contributed by atoms with Crippen molar-refractivity contribution < 1.29 is 18.1 Å². The topological polar surface area (TPSA) is 44.8 Å². The predicted molar refractivity (Wildman–Crippen MR) is 54.8 cm³/mol. The van der Waals surface area contributed by atoms with Crippen LogP contribution in [0, 0.1) is 18.3 Å². The smallest absolute Gasteiger partial charge is 0.290 e. The quantitative estimate of drug-likeness (QED) is 0.527. The Balaban J connectivity index is 4.80. The lowest BCUT2D eigenvalue weighted by Crippen LogP contribution is -2.32. The van der Waals surface area contributed by atoms with Gasteiger partial charge in [0.1, 0.15) is 5.60 Å². The molecule has 4 nitrogen and oxygen atoms in total. The van der Waals surface area contributed by atoms with Crippen LogP contribution in [0.25, 0.3) is 0 Å². The van der Waals surface area contributed by atoms with Crippen LogP contribution < -0.4 is 0 Å². The molecule has 0 bridgehead atoms. The van der Waals surface area contributed by atoms with Crippen molar-refractivity contribution in [3.8, 4) is 12.3 Å². The van der Waals surface area contributed by atoms with Crippen molar-refractivity contribution in [2.75, 3.05) is 14.2 Å². The fraction of sp³-hybridized carbons (Fsp3) is 0.778. The van der Waals surface area contributed by atoms with Gasteiger partial charge in [-0.2, -0.15) is 0 Å². The maximum atomic E-state index is 11.7. The molecular weight excluding hydrogens is 203 g/mol. The zero-order valence-corrected chi connectivity index (χ0v) is 10.1. The van der Waals surface area contributed by atoms with Crippen molar-refractivity contribution in [1.82, 2.24) is 0 Å². The van der Waals surface area contributed by atoms with E-state index in [9.17, 15) is 4.57 Å². The summed E-state index contributed by atoms with van der Waals surface area (Å²) in [7, 11) is -1.01. The van der Waals surface area contributed by atoms with Gasteiger partial charge in [-0.25, -0.2) is 4.57 Å². The minimum atomic E-state index is -3.52. The highest BCUT2D eigenvalue weighted by Crippen LogP contribution is 2.52. The Morgan fingerprint density at radius 1 is 1.36 bits per heavy atom. The van der Waals surface area contributed by atoms with Gasteiger partial charge in [0.2, 0.25) is 0 Å². The zero-order chi connectivity index (χ0) is 11.4. The summed E-state index contributed by atoms with van der Waals surface area (Å²) >= 11 is 0. The summed E-state index contributed by atoms with van der Waals surface area (Å²) in [6.07, 6.45) is 5.32. The lowest BCUT2D eigenvalue weighted by Gasteiger charge is -2.30. The second-order valence-corrected chi connectivity index (χ2v) is 5.12. The molecule has 0 amide bonds. The van der Waals surface area contributed by atoms with E-state index >= 15 is 0 Å². The third kappa shape index (κ3) is 3.11. The Hall–Kier alpha value is -0.330. The van der Waals surface area contributed by atoms with Crippen molar-refractivity contribution in [1.29, 1.82) is 0 Å². The lowest BCUT2D eigenvalue weighted by molar-refractivity contribution is 0.0440. The van der Waals surface area contributed by atoms with Gasteiger partial charge in [0.15, 0.2) is 0 Å². The lowest BCUT2D eigenvalue weighted by atomic mass is 9.94. The van der Waals surface area contributed by atoms with Crippen molar-refractivity contribution in [3.63, 3.8) is 0 Å². The molecule has 0 heterocycles. The van der Waals surface area contributed by atoms with Gasteiger partial charge >= 0.3 is 7.82 Å². The molecule has 0 rings (SSSR count). The van der Waals surface area contributed by atoms with Crippen LogP contribution in [0.3, 0.4) is 0 Å². The van der Waals surface area contributed by atoms with E-state index in [4.69, 9.17) is 10.9 Å². The van der Waals surface area contributed by atoms with Crippen LogP contribution in [0.15, 0.2) is 0 Å². The molecule has 0 aliphatic rings. The highest BCUT2D eigenvalue weighted by molar-refractivity contribution is 7.48. The minimum Gasteiger partial charge on any atom is -0.290 e. The Morgan fingerprint density at radius 3 is 2.00 bits per heavy atom. The van der Waals surface area contributed by atoms with E-state index in [1.807, 2.05) is 13.8 Å². The van der Waals surface area contributed by atoms with Gasteiger partial charge in [-0.15, -0.1) is 6.42 Å². The van der Waals surface area contributed by atoms with Crippen LogP contribution in [-0.4, -0.2) is 19.8 Å². The van der Waals surface area contributed by atoms with Crippen LogP contribution in [0.2, 0.25) is 0 Å². The number of rotatable bonds is 5. The molecule has 0 aromatic rings. The predicted octanol–water partition coefficient (Wildman–Crippen LogP) is 2.45. The maximum Gasteiger partial charge on any atom is 0.475 e. The van der Waals surface area contributed by atoms with Crippen LogP contribution in [0.5, 0.6) is 0 Å². The van der Waals surface area contributed by atoms with Crippen LogP contribution >= 0.6 is 7.82 Å². The number of phosphoric ester groups is 1. The molecule has 82 valence electrons. The van der Waals surface area contributed by atoms with E-state index in [2.05, 4.69) is 15.0 Å². The summed E-state index contributed by atoms with van der Waals surface area (Å²) in [6.45, 7) is 5.41. The summed E-state index contributed by atoms with van der Waals surface area (Å²) in [5, 5.41) is 0. The van der Waals surface area contributed by atoms with Crippen molar-refractivity contribution >= 4 is 7.82 Å². The van der Waals surface area contributed by atoms with E-state index in [0.717, 1.165) is 0 Å². The van der Waals surface area contributed by atoms with E-state index < -0.39 is 13.4 Å². The van der Waals surface area contributed by atoms with Crippen LogP contribution in [-0.2, 0) is 18.1 Å². The average Bonchev–Trinajstić information content (AvgIpc) is 2.17. The fourth-order valence-electron chi connectivity index (χ4n) is 0.680. The highest BCUT2D eigenvalue weighted by Gasteiger charge is 2.37. The molecule has 0 aromatic carbocycles. The van der Waals surface area contributed by atoms with Gasteiger partial charge in [-0.3, -0.25) is 13.6 Å². The van der Waals surface area contributed by atoms with E-state index in [-0.39, 0.29) is 5.92 Å². The van der Waals surface area contributed by atoms with Gasteiger partial charge in [0, 0.05) is 14.2 Å². The minimum absolute atomic E-state index is 0.00567. The third-order valence-electron chi connectivity index (χ3n) is 2.14. The second kappa shape index (κ2) is 4.95. The summed E-state index contributed by atoms with van der Waals surface area (Å²) < 4.78 is 26.2. The first-order valence-corrected chi connectivity index (χ1v) is 5.69. The Labute approximate surface area is 85.5 Å². The first-order valence-electron chi connectivity index (χ1n) is 4.23. The van der Waals surface area contributed by atoms with Crippen molar-refractivity contribution in [2.45, 2.75) is 26.4 Å². The van der Waals surface area contributed by atoms with Gasteiger partial charge < -0.3 is 0 Å². The summed E-state index contributed by atoms with van der Waals surface area (Å²) in [5.41, 5.74) is -0.957. The SMILES string of the molecule is C#CC(C)(OP(=O)(OC)OC)C(C)C. The highest BCUT2D eigenvalue weighted by atomic mass is 31.2.